The van der Waals surface area contributed by atoms with Gasteiger partial charge in [0.2, 0.25) is 0 Å². The van der Waals surface area contributed by atoms with Crippen LogP contribution in [-0.4, -0.2) is 17.1 Å². The van der Waals surface area contributed by atoms with Crippen LogP contribution in [0, 0.1) is 0 Å². The van der Waals surface area contributed by atoms with E-state index >= 15 is 0 Å². The molecule has 0 N–H and O–H groups in total. The number of carbonyl (C=O) groups excluding carboxylic acids is 1. The molecule has 0 unspecified atom stereocenters. The third-order valence-electron chi connectivity index (χ3n) is 7.09. The first-order valence-electron chi connectivity index (χ1n) is 13.9. The highest BCUT2D eigenvalue weighted by molar-refractivity contribution is 7.07. The van der Waals surface area contributed by atoms with E-state index in [1.54, 1.807) is 41.8 Å². The Morgan fingerprint density at radius 1 is 0.955 bits per heavy atom. The largest absolute Gasteiger partial charge is 0.488 e. The number of esters is 1. The summed E-state index contributed by atoms with van der Waals surface area (Å²) in [6.45, 7) is 2.17. The summed E-state index contributed by atoms with van der Waals surface area (Å²) >= 11 is 14.0. The SMILES string of the molecule is CCOC(=O)C1=C(c2ccccc2)N=c2s/c(=C\c3cc(Cl)ccc3OCc3ccccc3Cl)c(=O)n2[C@@H]1c1ccccc1. The number of halogens is 2. The molecule has 0 bridgehead atoms. The molecular formula is C35H26Cl2N2O4S. The van der Waals surface area contributed by atoms with Crippen LogP contribution in [0.4, 0.5) is 0 Å². The minimum atomic E-state index is -0.751. The number of hydrogen-bond donors (Lipinski definition) is 0. The number of carbonyl (C=O) groups is 1. The van der Waals surface area contributed by atoms with Crippen molar-refractivity contribution in [1.29, 1.82) is 0 Å². The van der Waals surface area contributed by atoms with Gasteiger partial charge in [-0.3, -0.25) is 9.36 Å². The van der Waals surface area contributed by atoms with Gasteiger partial charge in [-0.1, -0.05) is 113 Å². The van der Waals surface area contributed by atoms with Crippen LogP contribution in [0.3, 0.4) is 0 Å². The molecule has 0 fully saturated rings. The van der Waals surface area contributed by atoms with Crippen LogP contribution in [0.1, 0.15) is 35.2 Å². The second-order valence-corrected chi connectivity index (χ2v) is 11.8. The molecule has 220 valence electrons. The first-order chi connectivity index (χ1) is 21.4. The van der Waals surface area contributed by atoms with Crippen LogP contribution in [0.15, 0.2) is 118 Å². The number of aromatic nitrogens is 1. The van der Waals surface area contributed by atoms with Crippen molar-refractivity contribution >= 4 is 52.3 Å². The van der Waals surface area contributed by atoms with Crippen molar-refractivity contribution in [3.63, 3.8) is 0 Å². The molecule has 0 spiro atoms. The van der Waals surface area contributed by atoms with Crippen LogP contribution in [-0.2, 0) is 16.1 Å². The van der Waals surface area contributed by atoms with Gasteiger partial charge >= 0.3 is 5.97 Å². The quantitative estimate of drug-likeness (QED) is 0.175. The molecule has 0 saturated carbocycles. The first kappa shape index (κ1) is 29.6. The highest BCUT2D eigenvalue weighted by Crippen LogP contribution is 2.35. The van der Waals surface area contributed by atoms with E-state index in [4.69, 9.17) is 37.7 Å². The summed E-state index contributed by atoms with van der Waals surface area (Å²) in [4.78, 5) is 33.1. The van der Waals surface area contributed by atoms with Crippen molar-refractivity contribution in [2.24, 2.45) is 4.99 Å². The normalized spacial score (nSPS) is 14.6. The summed E-state index contributed by atoms with van der Waals surface area (Å²) in [5.41, 5.74) is 3.44. The molecule has 1 atom stereocenters. The zero-order valence-electron chi connectivity index (χ0n) is 23.6. The number of fused-ring (bicyclic) bond motifs is 1. The van der Waals surface area contributed by atoms with E-state index < -0.39 is 12.0 Å². The van der Waals surface area contributed by atoms with Crippen molar-refractivity contribution < 1.29 is 14.3 Å². The summed E-state index contributed by atoms with van der Waals surface area (Å²) < 4.78 is 13.6. The maximum Gasteiger partial charge on any atom is 0.338 e. The molecule has 4 aromatic carbocycles. The Hall–Kier alpha value is -4.43. The van der Waals surface area contributed by atoms with Crippen LogP contribution in [0.25, 0.3) is 11.8 Å². The van der Waals surface area contributed by atoms with Crippen LogP contribution >= 0.6 is 34.5 Å². The van der Waals surface area contributed by atoms with Gasteiger partial charge in [0.05, 0.1) is 28.5 Å². The number of rotatable bonds is 8. The molecule has 9 heteroatoms. The van der Waals surface area contributed by atoms with E-state index in [0.717, 1.165) is 16.7 Å². The molecule has 1 aliphatic heterocycles. The molecule has 0 saturated heterocycles. The van der Waals surface area contributed by atoms with Gasteiger partial charge in [0.25, 0.3) is 5.56 Å². The smallest absolute Gasteiger partial charge is 0.338 e. The van der Waals surface area contributed by atoms with Crippen molar-refractivity contribution in [3.8, 4) is 5.75 Å². The topological polar surface area (TPSA) is 69.9 Å². The van der Waals surface area contributed by atoms with Crippen molar-refractivity contribution in [2.75, 3.05) is 6.61 Å². The Morgan fingerprint density at radius 2 is 1.66 bits per heavy atom. The molecule has 0 aliphatic carbocycles. The Morgan fingerprint density at radius 3 is 2.39 bits per heavy atom. The summed E-state index contributed by atoms with van der Waals surface area (Å²) in [6.07, 6.45) is 1.75. The highest BCUT2D eigenvalue weighted by atomic mass is 35.5. The lowest BCUT2D eigenvalue weighted by Gasteiger charge is -2.25. The first-order valence-corrected chi connectivity index (χ1v) is 15.5. The molecule has 0 amide bonds. The molecule has 6 nitrogen and oxygen atoms in total. The van der Waals surface area contributed by atoms with E-state index in [1.807, 2.05) is 78.9 Å². The molecule has 1 aromatic heterocycles. The average molecular weight is 642 g/mol. The van der Waals surface area contributed by atoms with Gasteiger partial charge < -0.3 is 9.47 Å². The standard InChI is InChI=1S/C35H26Cl2N2O4S/c1-2-42-34(41)30-31(22-11-5-3-6-12-22)38-35-39(32(30)23-13-7-4-8-14-23)33(40)29(44-35)20-25-19-26(36)17-18-28(25)43-21-24-15-9-10-16-27(24)37/h3-20,32H,2,21H2,1H3/b29-20-/t32-/m1/s1. The van der Waals surface area contributed by atoms with E-state index in [0.29, 0.717) is 42.0 Å². The lowest BCUT2D eigenvalue weighted by Crippen LogP contribution is -2.40. The lowest BCUT2D eigenvalue weighted by molar-refractivity contribution is -0.138. The van der Waals surface area contributed by atoms with Crippen LogP contribution < -0.4 is 19.6 Å². The highest BCUT2D eigenvalue weighted by Gasteiger charge is 2.35. The fraction of sp³-hybridized carbons (Fsp3) is 0.114. The third kappa shape index (κ3) is 5.99. The minimum absolute atomic E-state index is 0.183. The summed E-state index contributed by atoms with van der Waals surface area (Å²) in [5.74, 6) is 0.0142. The van der Waals surface area contributed by atoms with Crippen LogP contribution in [0.5, 0.6) is 5.75 Å². The second kappa shape index (κ2) is 13.1. The Balaban J connectivity index is 1.53. The predicted molar refractivity (Wildman–Crippen MR) is 175 cm³/mol. The summed E-state index contributed by atoms with van der Waals surface area (Å²) in [6, 6.07) is 30.8. The fourth-order valence-corrected chi connectivity index (χ4v) is 6.43. The lowest BCUT2D eigenvalue weighted by atomic mass is 9.93. The molecule has 2 heterocycles. The van der Waals surface area contributed by atoms with Gasteiger partial charge in [-0.15, -0.1) is 0 Å². The number of nitrogens with zero attached hydrogens (tertiary/aromatic N) is 2. The third-order valence-corrected chi connectivity index (χ3v) is 8.68. The van der Waals surface area contributed by atoms with Gasteiger partial charge in [0, 0.05) is 26.7 Å². The Labute approximate surface area is 267 Å². The molecule has 44 heavy (non-hydrogen) atoms. The zero-order valence-corrected chi connectivity index (χ0v) is 25.9. The maximum atomic E-state index is 14.2. The van der Waals surface area contributed by atoms with E-state index in [-0.39, 0.29) is 18.8 Å². The molecule has 1 aliphatic rings. The fourth-order valence-electron chi connectivity index (χ4n) is 5.07. The number of ether oxygens (including phenoxy) is 2. The van der Waals surface area contributed by atoms with Crippen LogP contribution in [0.2, 0.25) is 10.0 Å². The van der Waals surface area contributed by atoms with Crippen molar-refractivity contribution in [3.05, 3.63) is 161 Å². The minimum Gasteiger partial charge on any atom is -0.488 e. The van der Waals surface area contributed by atoms with Gasteiger partial charge in [-0.05, 0) is 42.8 Å². The number of benzene rings is 4. The number of hydrogen-bond acceptors (Lipinski definition) is 6. The van der Waals surface area contributed by atoms with E-state index in [9.17, 15) is 9.59 Å². The Bertz CT molecular complexity index is 2050. The molecular weight excluding hydrogens is 615 g/mol. The van der Waals surface area contributed by atoms with E-state index in [2.05, 4.69) is 0 Å². The predicted octanol–water partition coefficient (Wildman–Crippen LogP) is 6.82. The van der Waals surface area contributed by atoms with Gasteiger partial charge in [-0.25, -0.2) is 9.79 Å². The molecule has 0 radical (unpaired) electrons. The molecule has 5 aromatic rings. The molecule has 6 rings (SSSR count). The van der Waals surface area contributed by atoms with E-state index in [1.165, 1.54) is 11.3 Å². The zero-order chi connectivity index (χ0) is 30.6. The van der Waals surface area contributed by atoms with Crippen molar-refractivity contribution in [1.82, 2.24) is 4.57 Å². The summed E-state index contributed by atoms with van der Waals surface area (Å²) in [7, 11) is 0. The number of thiazole rings is 1. The van der Waals surface area contributed by atoms with Gasteiger partial charge in [0.15, 0.2) is 4.80 Å². The average Bonchev–Trinajstić information content (AvgIpc) is 3.35. The van der Waals surface area contributed by atoms with Gasteiger partial charge in [-0.2, -0.15) is 0 Å². The van der Waals surface area contributed by atoms with Crippen molar-refractivity contribution in [2.45, 2.75) is 19.6 Å². The van der Waals surface area contributed by atoms with Gasteiger partial charge in [0.1, 0.15) is 12.4 Å². The second-order valence-electron chi connectivity index (χ2n) is 9.90. The summed E-state index contributed by atoms with van der Waals surface area (Å²) in [5, 5.41) is 1.09. The monoisotopic (exact) mass is 640 g/mol. The maximum absolute atomic E-state index is 14.2. The Kier molecular flexibility index (Phi) is 8.79.